The number of rotatable bonds is 8. The molecule has 0 saturated heterocycles. The van der Waals surface area contributed by atoms with Crippen molar-refractivity contribution in [1.29, 1.82) is 0 Å². The van der Waals surface area contributed by atoms with Gasteiger partial charge in [-0.1, -0.05) is 0 Å². The van der Waals surface area contributed by atoms with Crippen LogP contribution < -0.4 is 0 Å². The van der Waals surface area contributed by atoms with Crippen LogP contribution in [0.4, 0.5) is 0 Å². The molecule has 1 rings (SSSR count). The Balaban J connectivity index is 2.08. The summed E-state index contributed by atoms with van der Waals surface area (Å²) in [5.41, 5.74) is 0. The minimum atomic E-state index is -0.0108. The molecule has 1 aliphatic rings. The van der Waals surface area contributed by atoms with Gasteiger partial charge in [0, 0.05) is 27.4 Å². The van der Waals surface area contributed by atoms with Crippen molar-refractivity contribution in [2.24, 2.45) is 11.8 Å². The van der Waals surface area contributed by atoms with E-state index in [1.165, 1.54) is 0 Å². The number of ether oxygens (including phenoxy) is 3. The summed E-state index contributed by atoms with van der Waals surface area (Å²) in [6.45, 7) is 2.08. The van der Waals surface area contributed by atoms with Gasteiger partial charge < -0.3 is 14.2 Å². The molecule has 18 heavy (non-hydrogen) atoms. The first-order chi connectivity index (χ1) is 8.77. The number of carbonyl (C=O) groups excluding carboxylic acids is 1. The number of hydrogen-bond donors (Lipinski definition) is 0. The van der Waals surface area contributed by atoms with Crippen LogP contribution in [0.1, 0.15) is 38.5 Å². The molecule has 0 aromatic carbocycles. The first-order valence-electron chi connectivity index (χ1n) is 6.92. The smallest absolute Gasteiger partial charge is 0.308 e. The lowest BCUT2D eigenvalue weighted by atomic mass is 9.82. The third-order valence-corrected chi connectivity index (χ3v) is 3.57. The van der Waals surface area contributed by atoms with Crippen molar-refractivity contribution in [3.63, 3.8) is 0 Å². The van der Waals surface area contributed by atoms with Crippen LogP contribution in [0, 0.1) is 11.8 Å². The van der Waals surface area contributed by atoms with Gasteiger partial charge in [-0.25, -0.2) is 0 Å². The fraction of sp³-hybridized carbons (Fsp3) is 0.929. The highest BCUT2D eigenvalue weighted by Gasteiger charge is 2.27. The number of hydrogen-bond acceptors (Lipinski definition) is 4. The minimum Gasteiger partial charge on any atom is -0.465 e. The Morgan fingerprint density at radius 1 is 1.00 bits per heavy atom. The average Bonchev–Trinajstić information content (AvgIpc) is 2.39. The van der Waals surface area contributed by atoms with Gasteiger partial charge in [-0.15, -0.1) is 0 Å². The molecule has 1 aliphatic carbocycles. The van der Waals surface area contributed by atoms with Gasteiger partial charge in [0.1, 0.15) is 0 Å². The van der Waals surface area contributed by atoms with E-state index >= 15 is 0 Å². The van der Waals surface area contributed by atoms with Crippen LogP contribution >= 0.6 is 0 Å². The standard InChI is InChI=1S/C14H26O4/c1-16-9-3-4-10-18-14(15)13-7-5-12(6-8-13)11-17-2/h12-13H,3-11H2,1-2H3. The van der Waals surface area contributed by atoms with Gasteiger partial charge in [0.05, 0.1) is 12.5 Å². The zero-order valence-corrected chi connectivity index (χ0v) is 11.7. The van der Waals surface area contributed by atoms with Crippen LogP contribution in [-0.2, 0) is 19.0 Å². The normalized spacial score (nSPS) is 23.9. The van der Waals surface area contributed by atoms with Crippen LogP contribution in [0.2, 0.25) is 0 Å². The van der Waals surface area contributed by atoms with Gasteiger partial charge in [-0.2, -0.15) is 0 Å². The van der Waals surface area contributed by atoms with Crippen molar-refractivity contribution in [2.75, 3.05) is 34.0 Å². The van der Waals surface area contributed by atoms with Crippen molar-refractivity contribution in [3.05, 3.63) is 0 Å². The van der Waals surface area contributed by atoms with Crippen LogP contribution in [0.5, 0.6) is 0 Å². The van der Waals surface area contributed by atoms with E-state index in [0.29, 0.717) is 12.5 Å². The molecule has 0 spiro atoms. The molecule has 0 aromatic rings. The lowest BCUT2D eigenvalue weighted by Crippen LogP contribution is -2.25. The maximum atomic E-state index is 11.8. The van der Waals surface area contributed by atoms with E-state index in [1.54, 1.807) is 14.2 Å². The summed E-state index contributed by atoms with van der Waals surface area (Å²) in [6, 6.07) is 0. The van der Waals surface area contributed by atoms with Crippen LogP contribution in [-0.4, -0.2) is 40.0 Å². The van der Waals surface area contributed by atoms with E-state index in [1.807, 2.05) is 0 Å². The van der Waals surface area contributed by atoms with Crippen molar-refractivity contribution in [2.45, 2.75) is 38.5 Å². The lowest BCUT2D eigenvalue weighted by molar-refractivity contribution is -0.150. The highest BCUT2D eigenvalue weighted by Crippen LogP contribution is 2.29. The van der Waals surface area contributed by atoms with E-state index in [-0.39, 0.29) is 11.9 Å². The summed E-state index contributed by atoms with van der Waals surface area (Å²) in [6.07, 6.45) is 5.90. The zero-order chi connectivity index (χ0) is 13.2. The van der Waals surface area contributed by atoms with Gasteiger partial charge in [0.25, 0.3) is 0 Å². The maximum Gasteiger partial charge on any atom is 0.308 e. The van der Waals surface area contributed by atoms with E-state index in [9.17, 15) is 4.79 Å². The predicted octanol–water partition coefficient (Wildman–Crippen LogP) is 2.41. The van der Waals surface area contributed by atoms with Crippen molar-refractivity contribution in [1.82, 2.24) is 0 Å². The monoisotopic (exact) mass is 258 g/mol. The number of methoxy groups -OCH3 is 2. The Labute approximate surface area is 110 Å². The van der Waals surface area contributed by atoms with Crippen LogP contribution in [0.3, 0.4) is 0 Å². The zero-order valence-electron chi connectivity index (χ0n) is 11.7. The Morgan fingerprint density at radius 3 is 2.28 bits per heavy atom. The van der Waals surface area contributed by atoms with Gasteiger partial charge in [-0.05, 0) is 44.4 Å². The summed E-state index contributed by atoms with van der Waals surface area (Å²) in [7, 11) is 3.42. The minimum absolute atomic E-state index is 0.0108. The highest BCUT2D eigenvalue weighted by atomic mass is 16.5. The Bertz CT molecular complexity index is 222. The summed E-state index contributed by atoms with van der Waals surface area (Å²) in [5.74, 6) is 0.726. The molecule has 4 heteroatoms. The quantitative estimate of drug-likeness (QED) is 0.495. The number of esters is 1. The Morgan fingerprint density at radius 2 is 1.67 bits per heavy atom. The summed E-state index contributed by atoms with van der Waals surface area (Å²) in [5, 5.41) is 0. The van der Waals surface area contributed by atoms with Crippen LogP contribution in [0.15, 0.2) is 0 Å². The second-order valence-electron chi connectivity index (χ2n) is 5.04. The third kappa shape index (κ3) is 5.83. The molecule has 1 saturated carbocycles. The number of unbranched alkanes of at least 4 members (excludes halogenated alkanes) is 1. The highest BCUT2D eigenvalue weighted by molar-refractivity contribution is 5.72. The van der Waals surface area contributed by atoms with E-state index in [4.69, 9.17) is 14.2 Å². The molecule has 1 fully saturated rings. The molecule has 0 unspecified atom stereocenters. The molecule has 0 amide bonds. The number of carbonyl (C=O) groups is 1. The van der Waals surface area contributed by atoms with E-state index in [2.05, 4.69) is 0 Å². The molecule has 0 aliphatic heterocycles. The van der Waals surface area contributed by atoms with E-state index < -0.39 is 0 Å². The van der Waals surface area contributed by atoms with E-state index in [0.717, 1.165) is 51.7 Å². The molecule has 106 valence electrons. The van der Waals surface area contributed by atoms with Crippen molar-refractivity contribution in [3.8, 4) is 0 Å². The molecule has 4 nitrogen and oxygen atoms in total. The molecule has 0 atom stereocenters. The topological polar surface area (TPSA) is 44.8 Å². The Kier molecular flexibility index (Phi) is 8.01. The summed E-state index contributed by atoms with van der Waals surface area (Å²) < 4.78 is 15.4. The van der Waals surface area contributed by atoms with Crippen molar-refractivity contribution < 1.29 is 19.0 Å². The van der Waals surface area contributed by atoms with Gasteiger partial charge >= 0.3 is 5.97 Å². The molecule has 0 aromatic heterocycles. The second kappa shape index (κ2) is 9.34. The molecular formula is C14H26O4. The van der Waals surface area contributed by atoms with Gasteiger partial charge in [0.15, 0.2) is 0 Å². The SMILES string of the molecule is COCCCCOC(=O)C1CCC(COC)CC1. The molecule has 0 heterocycles. The molecule has 0 N–H and O–H groups in total. The Hall–Kier alpha value is -0.610. The predicted molar refractivity (Wildman–Crippen MR) is 69.4 cm³/mol. The largest absolute Gasteiger partial charge is 0.465 e. The molecule has 0 bridgehead atoms. The van der Waals surface area contributed by atoms with Gasteiger partial charge in [0.2, 0.25) is 0 Å². The summed E-state index contributed by atoms with van der Waals surface area (Å²) >= 11 is 0. The fourth-order valence-corrected chi connectivity index (χ4v) is 2.44. The van der Waals surface area contributed by atoms with Crippen molar-refractivity contribution >= 4 is 5.97 Å². The molecule has 0 radical (unpaired) electrons. The molecular weight excluding hydrogens is 232 g/mol. The fourth-order valence-electron chi connectivity index (χ4n) is 2.44. The average molecular weight is 258 g/mol. The third-order valence-electron chi connectivity index (χ3n) is 3.57. The lowest BCUT2D eigenvalue weighted by Gasteiger charge is -2.26. The van der Waals surface area contributed by atoms with Gasteiger partial charge in [-0.3, -0.25) is 4.79 Å². The van der Waals surface area contributed by atoms with Crippen LogP contribution in [0.25, 0.3) is 0 Å². The first-order valence-corrected chi connectivity index (χ1v) is 6.92. The first kappa shape index (κ1) is 15.4. The maximum absolute atomic E-state index is 11.8. The second-order valence-corrected chi connectivity index (χ2v) is 5.04. The summed E-state index contributed by atoms with van der Waals surface area (Å²) in [4.78, 5) is 11.8.